The van der Waals surface area contributed by atoms with Gasteiger partial charge in [0.15, 0.2) is 0 Å². The van der Waals surface area contributed by atoms with Crippen LogP contribution in [0.5, 0.6) is 0 Å². The van der Waals surface area contributed by atoms with Crippen LogP contribution < -0.4 is 16.0 Å². The van der Waals surface area contributed by atoms with Crippen LogP contribution in [0.15, 0.2) is 67.0 Å². The van der Waals surface area contributed by atoms with Gasteiger partial charge in [-0.15, -0.1) is 0 Å². The summed E-state index contributed by atoms with van der Waals surface area (Å²) in [4.78, 5) is 20.6. The molecular formula is C19H21N5O. The highest BCUT2D eigenvalue weighted by atomic mass is 16.1. The Morgan fingerprint density at radius 2 is 1.68 bits per heavy atom. The van der Waals surface area contributed by atoms with E-state index in [1.807, 2.05) is 36.4 Å². The molecule has 128 valence electrons. The minimum absolute atomic E-state index is 0.0522. The van der Waals surface area contributed by atoms with Crippen molar-refractivity contribution in [3.8, 4) is 0 Å². The molecule has 1 atom stereocenters. The van der Waals surface area contributed by atoms with Crippen LogP contribution in [0.1, 0.15) is 16.8 Å². The van der Waals surface area contributed by atoms with Gasteiger partial charge < -0.3 is 16.0 Å². The van der Waals surface area contributed by atoms with Gasteiger partial charge in [-0.3, -0.25) is 4.79 Å². The summed E-state index contributed by atoms with van der Waals surface area (Å²) < 4.78 is 0. The Morgan fingerprint density at radius 1 is 1.00 bits per heavy atom. The fourth-order valence-electron chi connectivity index (χ4n) is 2.52. The van der Waals surface area contributed by atoms with Crippen molar-refractivity contribution in [1.29, 1.82) is 0 Å². The Hall–Kier alpha value is -2.99. The van der Waals surface area contributed by atoms with E-state index >= 15 is 0 Å². The van der Waals surface area contributed by atoms with E-state index in [-0.39, 0.29) is 11.9 Å². The van der Waals surface area contributed by atoms with Gasteiger partial charge in [0.05, 0.1) is 0 Å². The quantitative estimate of drug-likeness (QED) is 0.800. The summed E-state index contributed by atoms with van der Waals surface area (Å²) in [7, 11) is 0. The summed E-state index contributed by atoms with van der Waals surface area (Å²) in [6, 6.07) is 16.8. The molecule has 0 spiro atoms. The monoisotopic (exact) mass is 335 g/mol. The fourth-order valence-corrected chi connectivity index (χ4v) is 2.52. The maximum Gasteiger partial charge on any atom is 0.251 e. The first-order valence-corrected chi connectivity index (χ1v) is 8.30. The molecule has 1 aromatic carbocycles. The fraction of sp³-hybridized carbons (Fsp3) is 0.211. The molecule has 3 rings (SSSR count). The van der Waals surface area contributed by atoms with E-state index in [0.29, 0.717) is 11.5 Å². The topological polar surface area (TPSA) is 78.9 Å². The molecule has 1 saturated heterocycles. The predicted octanol–water partition coefficient (Wildman–Crippen LogP) is 2.44. The lowest BCUT2D eigenvalue weighted by Crippen LogP contribution is -2.36. The lowest BCUT2D eigenvalue weighted by molar-refractivity contribution is 0.0940. The van der Waals surface area contributed by atoms with E-state index in [1.54, 1.807) is 30.6 Å². The molecule has 0 bridgehead atoms. The van der Waals surface area contributed by atoms with Gasteiger partial charge >= 0.3 is 0 Å². The van der Waals surface area contributed by atoms with Crippen molar-refractivity contribution < 1.29 is 4.79 Å². The van der Waals surface area contributed by atoms with E-state index in [1.165, 1.54) is 0 Å². The van der Waals surface area contributed by atoms with Crippen LogP contribution in [-0.4, -0.2) is 35.0 Å². The molecule has 25 heavy (non-hydrogen) atoms. The number of rotatable bonds is 4. The lowest BCUT2D eigenvalue weighted by atomic mass is 10.2. The number of nitrogens with zero attached hydrogens (tertiary/aromatic N) is 2. The van der Waals surface area contributed by atoms with Crippen molar-refractivity contribution in [3.05, 3.63) is 72.6 Å². The van der Waals surface area contributed by atoms with Crippen molar-refractivity contribution in [3.63, 3.8) is 0 Å². The van der Waals surface area contributed by atoms with Crippen molar-refractivity contribution in [2.75, 3.05) is 18.4 Å². The van der Waals surface area contributed by atoms with Crippen molar-refractivity contribution in [2.24, 2.45) is 0 Å². The van der Waals surface area contributed by atoms with Crippen LogP contribution in [0.4, 0.5) is 11.6 Å². The van der Waals surface area contributed by atoms with Gasteiger partial charge in [-0.2, -0.15) is 0 Å². The third-order valence-corrected chi connectivity index (χ3v) is 3.80. The van der Waals surface area contributed by atoms with Crippen LogP contribution in [0.3, 0.4) is 0 Å². The highest BCUT2D eigenvalue weighted by Crippen LogP contribution is 2.09. The molecule has 1 fully saturated rings. The van der Waals surface area contributed by atoms with Gasteiger partial charge in [0.1, 0.15) is 0 Å². The zero-order valence-electron chi connectivity index (χ0n) is 13.9. The summed E-state index contributed by atoms with van der Waals surface area (Å²) >= 11 is 0. The Kier molecular flexibility index (Phi) is 5.90. The van der Waals surface area contributed by atoms with Gasteiger partial charge in [-0.1, -0.05) is 24.3 Å². The molecule has 1 amide bonds. The van der Waals surface area contributed by atoms with Crippen molar-refractivity contribution in [1.82, 2.24) is 20.6 Å². The average Bonchev–Trinajstić information content (AvgIpc) is 3.14. The number of hydrogen-bond donors (Lipinski definition) is 3. The molecule has 6 nitrogen and oxygen atoms in total. The van der Waals surface area contributed by atoms with Gasteiger partial charge in [-0.05, 0) is 43.3 Å². The second-order valence-electron chi connectivity index (χ2n) is 5.71. The number of nitrogens with one attached hydrogen (secondary N) is 3. The summed E-state index contributed by atoms with van der Waals surface area (Å²) in [5.41, 5.74) is 1.48. The summed E-state index contributed by atoms with van der Waals surface area (Å²) in [5.74, 6) is 0.484. The van der Waals surface area contributed by atoms with E-state index < -0.39 is 0 Å². The molecule has 1 aromatic heterocycles. The molecule has 1 aliphatic rings. The SMILES string of the molecule is O=C(N[C@@H]1CCNC1)c1ccccc(Nc2ncccn2)cccc1. The third kappa shape index (κ3) is 5.26. The molecule has 2 heterocycles. The first kappa shape index (κ1) is 16.9. The van der Waals surface area contributed by atoms with Gasteiger partial charge in [0.25, 0.3) is 5.91 Å². The molecular weight excluding hydrogens is 314 g/mol. The average molecular weight is 335 g/mol. The number of carbonyl (C=O) groups excluding carboxylic acids is 1. The van der Waals surface area contributed by atoms with Crippen molar-refractivity contribution >= 4 is 17.5 Å². The molecule has 0 aliphatic carbocycles. The first-order valence-electron chi connectivity index (χ1n) is 8.30. The Labute approximate surface area is 147 Å². The normalized spacial score (nSPS) is 15.9. The van der Waals surface area contributed by atoms with Crippen LogP contribution in [-0.2, 0) is 0 Å². The second-order valence-corrected chi connectivity index (χ2v) is 5.71. The largest absolute Gasteiger partial charge is 0.348 e. The predicted molar refractivity (Wildman–Crippen MR) is 98.1 cm³/mol. The standard InChI is InChI=1S/C19H21N5O/c25-18(23-17-10-13-20-14-17)15-6-1-3-8-16(9-4-2-7-15)24-19-21-11-5-12-22-19/h1-9,11-12,17,20H,10,13-14H2,(H,23,25)(H,21,22,24)/t17-/m1/s1. The number of anilines is 2. The molecule has 0 saturated carbocycles. The number of amides is 1. The summed E-state index contributed by atoms with van der Waals surface area (Å²) in [6.45, 7) is 1.78. The summed E-state index contributed by atoms with van der Waals surface area (Å²) in [6.07, 6.45) is 4.34. The molecule has 6 heteroatoms. The van der Waals surface area contributed by atoms with Crippen LogP contribution in [0.25, 0.3) is 0 Å². The van der Waals surface area contributed by atoms with E-state index in [2.05, 4.69) is 25.9 Å². The Morgan fingerprint density at radius 3 is 2.32 bits per heavy atom. The lowest BCUT2D eigenvalue weighted by Gasteiger charge is -2.10. The number of carbonyl (C=O) groups is 1. The zero-order valence-corrected chi connectivity index (χ0v) is 13.9. The Balaban J connectivity index is 1.74. The first-order chi connectivity index (χ1) is 12.3. The minimum Gasteiger partial charge on any atom is -0.348 e. The maximum absolute atomic E-state index is 12.4. The van der Waals surface area contributed by atoms with Gasteiger partial charge in [0, 0.05) is 36.2 Å². The van der Waals surface area contributed by atoms with E-state index in [4.69, 9.17) is 0 Å². The minimum atomic E-state index is -0.0522. The maximum atomic E-state index is 12.4. The smallest absolute Gasteiger partial charge is 0.251 e. The van der Waals surface area contributed by atoms with Crippen molar-refractivity contribution in [2.45, 2.75) is 12.5 Å². The van der Waals surface area contributed by atoms with E-state index in [0.717, 1.165) is 25.2 Å². The molecule has 2 aromatic rings. The molecule has 0 radical (unpaired) electrons. The molecule has 0 unspecified atom stereocenters. The van der Waals surface area contributed by atoms with Gasteiger partial charge in [-0.25, -0.2) is 9.97 Å². The number of hydrogen-bond acceptors (Lipinski definition) is 5. The van der Waals surface area contributed by atoms with Crippen LogP contribution in [0, 0.1) is 0 Å². The third-order valence-electron chi connectivity index (χ3n) is 3.80. The van der Waals surface area contributed by atoms with E-state index in [9.17, 15) is 4.79 Å². The van der Waals surface area contributed by atoms with Crippen LogP contribution in [0.2, 0.25) is 0 Å². The van der Waals surface area contributed by atoms with Crippen LogP contribution >= 0.6 is 0 Å². The zero-order chi connectivity index (χ0) is 17.3. The Bertz CT molecular complexity index is 731. The highest BCUT2D eigenvalue weighted by molar-refractivity contribution is 5.94. The number of aromatic nitrogens is 2. The summed E-state index contributed by atoms with van der Waals surface area (Å²) in [5, 5.41) is 9.43. The molecule has 1 aliphatic heterocycles. The second kappa shape index (κ2) is 8.75. The highest BCUT2D eigenvalue weighted by Gasteiger charge is 2.16. The molecule has 3 N–H and O–H groups in total. The van der Waals surface area contributed by atoms with Gasteiger partial charge in [0.2, 0.25) is 5.95 Å².